The maximum absolute atomic E-state index is 2.48. The zero-order chi connectivity index (χ0) is 34.9. The summed E-state index contributed by atoms with van der Waals surface area (Å²) in [5.41, 5.74) is 9.48. The van der Waals surface area contributed by atoms with Crippen molar-refractivity contribution in [1.29, 1.82) is 0 Å². The van der Waals surface area contributed by atoms with Gasteiger partial charge in [-0.3, -0.25) is 0 Å². The lowest BCUT2D eigenvalue weighted by Gasteiger charge is -2.27. The van der Waals surface area contributed by atoms with E-state index < -0.39 is 0 Å². The Balaban J connectivity index is 1.22. The molecule has 0 unspecified atom stereocenters. The first-order chi connectivity index (χ1) is 26.3. The van der Waals surface area contributed by atoms with Crippen LogP contribution in [-0.4, -0.2) is 4.57 Å². The summed E-state index contributed by atoms with van der Waals surface area (Å²) in [7, 11) is 0. The second-order valence-corrected chi connectivity index (χ2v) is 14.8. The lowest BCUT2D eigenvalue weighted by atomic mass is 10.0. The zero-order valence-corrected chi connectivity index (χ0v) is 29.6. The third-order valence-electron chi connectivity index (χ3n) is 10.7. The van der Waals surface area contributed by atoms with Crippen LogP contribution in [0.25, 0.3) is 80.3 Å². The lowest BCUT2D eigenvalue weighted by Crippen LogP contribution is -2.10. The first-order valence-electron chi connectivity index (χ1n) is 18.1. The van der Waals surface area contributed by atoms with E-state index in [0.29, 0.717) is 0 Å². The zero-order valence-electron chi connectivity index (χ0n) is 28.8. The van der Waals surface area contributed by atoms with Gasteiger partial charge >= 0.3 is 0 Å². The van der Waals surface area contributed by atoms with Crippen LogP contribution in [-0.2, 0) is 0 Å². The number of nitrogens with zero attached hydrogens (tertiary/aromatic N) is 2. The molecule has 3 heteroatoms. The molecule has 11 rings (SSSR count). The Labute approximate surface area is 311 Å². The molecular weight excluding hydrogens is 661 g/mol. The van der Waals surface area contributed by atoms with Crippen LogP contribution in [0.3, 0.4) is 0 Å². The number of hydrogen-bond acceptors (Lipinski definition) is 2. The Morgan fingerprint density at radius 1 is 0.396 bits per heavy atom. The van der Waals surface area contributed by atoms with E-state index in [0.717, 1.165) is 22.7 Å². The molecule has 0 saturated heterocycles. The molecule has 2 nitrogen and oxygen atoms in total. The molecule has 11 aromatic rings. The van der Waals surface area contributed by atoms with Gasteiger partial charge in [-0.1, -0.05) is 127 Å². The molecule has 0 saturated carbocycles. The third kappa shape index (κ3) is 4.78. The van der Waals surface area contributed by atoms with Crippen LogP contribution in [0.1, 0.15) is 0 Å². The fourth-order valence-electron chi connectivity index (χ4n) is 8.30. The molecule has 248 valence electrons. The predicted molar refractivity (Wildman–Crippen MR) is 229 cm³/mol. The summed E-state index contributed by atoms with van der Waals surface area (Å²) < 4.78 is 5.08. The number of benzene rings is 9. The molecule has 0 amide bonds. The van der Waals surface area contributed by atoms with Crippen LogP contribution in [0, 0.1) is 0 Å². The summed E-state index contributed by atoms with van der Waals surface area (Å²) in [5, 5.41) is 9.98. The van der Waals surface area contributed by atoms with E-state index in [2.05, 4.69) is 204 Å². The summed E-state index contributed by atoms with van der Waals surface area (Å²) in [6, 6.07) is 71.0. The van der Waals surface area contributed by atoms with Crippen LogP contribution in [0.15, 0.2) is 194 Å². The van der Waals surface area contributed by atoms with Crippen molar-refractivity contribution < 1.29 is 0 Å². The van der Waals surface area contributed by atoms with E-state index in [-0.39, 0.29) is 0 Å². The van der Waals surface area contributed by atoms with Gasteiger partial charge in [0.1, 0.15) is 0 Å². The van der Waals surface area contributed by atoms with Gasteiger partial charge in [0, 0.05) is 53.4 Å². The molecule has 2 aromatic heterocycles. The molecule has 0 aliphatic heterocycles. The van der Waals surface area contributed by atoms with E-state index >= 15 is 0 Å². The van der Waals surface area contributed by atoms with E-state index in [1.54, 1.807) is 0 Å². The van der Waals surface area contributed by atoms with Gasteiger partial charge in [0.25, 0.3) is 0 Å². The Morgan fingerprint density at radius 2 is 1.09 bits per heavy atom. The Morgan fingerprint density at radius 3 is 1.96 bits per heavy atom. The number of aromatic nitrogens is 1. The van der Waals surface area contributed by atoms with E-state index in [9.17, 15) is 0 Å². The highest BCUT2D eigenvalue weighted by molar-refractivity contribution is 7.26. The molecule has 0 radical (unpaired) electrons. The number of anilines is 3. The Kier molecular flexibility index (Phi) is 6.76. The van der Waals surface area contributed by atoms with Crippen molar-refractivity contribution in [2.24, 2.45) is 0 Å². The van der Waals surface area contributed by atoms with Gasteiger partial charge in [-0.2, -0.15) is 0 Å². The van der Waals surface area contributed by atoms with Crippen molar-refractivity contribution in [2.75, 3.05) is 4.90 Å². The van der Waals surface area contributed by atoms with Gasteiger partial charge in [0.2, 0.25) is 0 Å². The second-order valence-electron chi connectivity index (χ2n) is 13.8. The molecule has 0 N–H and O–H groups in total. The average molecular weight is 693 g/mol. The van der Waals surface area contributed by atoms with E-state index in [4.69, 9.17) is 0 Å². The van der Waals surface area contributed by atoms with Crippen molar-refractivity contribution in [3.05, 3.63) is 194 Å². The van der Waals surface area contributed by atoms with Gasteiger partial charge in [-0.15, -0.1) is 11.3 Å². The number of fused-ring (bicyclic) bond motifs is 9. The highest BCUT2D eigenvalue weighted by Gasteiger charge is 2.22. The molecule has 0 spiro atoms. The quantitative estimate of drug-likeness (QED) is 0.174. The Bertz CT molecular complexity index is 3170. The van der Waals surface area contributed by atoms with Gasteiger partial charge in [0.05, 0.1) is 16.7 Å². The van der Waals surface area contributed by atoms with Crippen molar-refractivity contribution in [3.8, 4) is 16.8 Å². The molecule has 2 heterocycles. The van der Waals surface area contributed by atoms with Gasteiger partial charge in [0.15, 0.2) is 0 Å². The smallest absolute Gasteiger partial charge is 0.0634 e. The molecule has 53 heavy (non-hydrogen) atoms. The molecular formula is C50H32N2S. The lowest BCUT2D eigenvalue weighted by molar-refractivity contribution is 1.19. The maximum atomic E-state index is 2.48. The van der Waals surface area contributed by atoms with Crippen LogP contribution in [0.4, 0.5) is 17.1 Å². The Hall–Kier alpha value is -6.68. The highest BCUT2D eigenvalue weighted by atomic mass is 32.1. The SMILES string of the molecule is c1ccc(-c2ccc3sc4ccc5c6cc(N(c7ccc8ccccc8c7)c7cccc8ccccc78)ccc6n(-c6ccccc6)c5c4c3c2)cc1. The fourth-order valence-corrected chi connectivity index (χ4v) is 9.39. The summed E-state index contributed by atoms with van der Waals surface area (Å²) in [6.45, 7) is 0. The standard InChI is InChI=1S/C50H32N2S/c1-3-12-33(13-4-1)37-23-28-47-44(31-37)49-48(53-47)29-26-42-43-32-40(25-27-46(43)52(50(42)49)38-18-5-2-6-19-38)51(39-24-22-34-14-7-8-16-36(34)30-39)45-21-11-17-35-15-9-10-20-41(35)45/h1-32H. The minimum absolute atomic E-state index is 1.12. The van der Waals surface area contributed by atoms with Crippen LogP contribution < -0.4 is 4.90 Å². The largest absolute Gasteiger partial charge is 0.310 e. The van der Waals surface area contributed by atoms with Gasteiger partial charge < -0.3 is 9.47 Å². The number of para-hydroxylation sites is 1. The predicted octanol–water partition coefficient (Wildman–Crippen LogP) is 14.6. The highest BCUT2D eigenvalue weighted by Crippen LogP contribution is 2.46. The number of hydrogen-bond donors (Lipinski definition) is 0. The van der Waals surface area contributed by atoms with Crippen LogP contribution in [0.5, 0.6) is 0 Å². The van der Waals surface area contributed by atoms with Crippen molar-refractivity contribution in [2.45, 2.75) is 0 Å². The molecule has 0 fully saturated rings. The monoisotopic (exact) mass is 692 g/mol. The maximum Gasteiger partial charge on any atom is 0.0634 e. The average Bonchev–Trinajstić information content (AvgIpc) is 3.76. The normalized spacial score (nSPS) is 11.8. The first kappa shape index (κ1) is 30.0. The summed E-state index contributed by atoms with van der Waals surface area (Å²) in [6.07, 6.45) is 0. The topological polar surface area (TPSA) is 8.17 Å². The molecule has 0 atom stereocenters. The minimum Gasteiger partial charge on any atom is -0.310 e. The van der Waals surface area contributed by atoms with Crippen molar-refractivity contribution in [3.63, 3.8) is 0 Å². The molecule has 9 aromatic carbocycles. The third-order valence-corrected chi connectivity index (χ3v) is 11.9. The number of rotatable bonds is 5. The summed E-state index contributed by atoms with van der Waals surface area (Å²) in [4.78, 5) is 2.44. The molecule has 0 bridgehead atoms. The van der Waals surface area contributed by atoms with Gasteiger partial charge in [-0.25, -0.2) is 0 Å². The van der Waals surface area contributed by atoms with Crippen LogP contribution >= 0.6 is 11.3 Å². The minimum atomic E-state index is 1.12. The van der Waals surface area contributed by atoms with Gasteiger partial charge in [-0.05, 0) is 94.0 Å². The van der Waals surface area contributed by atoms with Crippen LogP contribution in [0.2, 0.25) is 0 Å². The fraction of sp³-hybridized carbons (Fsp3) is 0. The molecule has 0 aliphatic carbocycles. The second kappa shape index (κ2) is 11.9. The summed E-state index contributed by atoms with van der Waals surface area (Å²) in [5.74, 6) is 0. The van der Waals surface area contributed by atoms with E-state index in [1.807, 2.05) is 11.3 Å². The van der Waals surface area contributed by atoms with E-state index in [1.165, 1.54) is 74.6 Å². The van der Waals surface area contributed by atoms with Crippen molar-refractivity contribution in [1.82, 2.24) is 4.57 Å². The van der Waals surface area contributed by atoms with Crippen molar-refractivity contribution >= 4 is 91.9 Å². The first-order valence-corrected chi connectivity index (χ1v) is 18.9. The molecule has 0 aliphatic rings. The number of thiophene rings is 1. The summed E-state index contributed by atoms with van der Waals surface area (Å²) >= 11 is 1.88.